The Morgan fingerprint density at radius 3 is 2.23 bits per heavy atom. The van der Waals surface area contributed by atoms with E-state index < -0.39 is 10.0 Å². The summed E-state index contributed by atoms with van der Waals surface area (Å²) in [6.07, 6.45) is 0. The fourth-order valence-electron chi connectivity index (χ4n) is 2.86. The van der Waals surface area contributed by atoms with Gasteiger partial charge in [0.05, 0.1) is 31.6 Å². The van der Waals surface area contributed by atoms with E-state index >= 15 is 0 Å². The standard InChI is InChI=1S/C18H21NO5S2/c1-22-13-4-7-15(8-5-13)26(20,21)19-10-11-25-18(19)16-12-14(23-2)6-9-17(16)24-3/h4-9,12,18H,10-11H2,1-3H3/t18-/m0/s1. The van der Waals surface area contributed by atoms with Crippen molar-refractivity contribution in [3.05, 3.63) is 48.0 Å². The topological polar surface area (TPSA) is 65.1 Å². The van der Waals surface area contributed by atoms with Crippen molar-refractivity contribution < 1.29 is 22.6 Å². The minimum absolute atomic E-state index is 0.243. The molecule has 1 aliphatic heterocycles. The summed E-state index contributed by atoms with van der Waals surface area (Å²) in [6.45, 7) is 0.435. The van der Waals surface area contributed by atoms with E-state index in [2.05, 4.69) is 0 Å². The van der Waals surface area contributed by atoms with Crippen LogP contribution in [0.15, 0.2) is 47.4 Å². The Balaban J connectivity index is 1.99. The van der Waals surface area contributed by atoms with Crippen molar-refractivity contribution in [2.45, 2.75) is 10.3 Å². The van der Waals surface area contributed by atoms with Crippen LogP contribution in [0.25, 0.3) is 0 Å². The van der Waals surface area contributed by atoms with Gasteiger partial charge in [0.25, 0.3) is 0 Å². The molecule has 0 radical (unpaired) electrons. The van der Waals surface area contributed by atoms with E-state index in [0.717, 1.165) is 5.56 Å². The lowest BCUT2D eigenvalue weighted by molar-refractivity contribution is 0.382. The van der Waals surface area contributed by atoms with Crippen LogP contribution in [0.3, 0.4) is 0 Å². The Kier molecular flexibility index (Phi) is 5.64. The van der Waals surface area contributed by atoms with Gasteiger partial charge in [0.2, 0.25) is 10.0 Å². The van der Waals surface area contributed by atoms with Gasteiger partial charge in [-0.15, -0.1) is 11.8 Å². The summed E-state index contributed by atoms with van der Waals surface area (Å²) < 4.78 is 43.7. The van der Waals surface area contributed by atoms with Crippen LogP contribution in [0.2, 0.25) is 0 Å². The Bertz CT molecular complexity index is 868. The third-order valence-corrected chi connectivity index (χ3v) is 7.47. The molecule has 0 N–H and O–H groups in total. The lowest BCUT2D eigenvalue weighted by Crippen LogP contribution is -2.30. The molecule has 0 aliphatic carbocycles. The molecule has 0 saturated carbocycles. The SMILES string of the molecule is COc1ccc(S(=O)(=O)N2CCS[C@H]2c2cc(OC)ccc2OC)cc1. The number of nitrogens with zero attached hydrogens (tertiary/aromatic N) is 1. The lowest BCUT2D eigenvalue weighted by Gasteiger charge is -2.25. The smallest absolute Gasteiger partial charge is 0.244 e. The van der Waals surface area contributed by atoms with Gasteiger partial charge in [0, 0.05) is 17.9 Å². The fourth-order valence-corrected chi connectivity index (χ4v) is 6.11. The Hall–Kier alpha value is -1.90. The highest BCUT2D eigenvalue weighted by atomic mass is 32.2. The van der Waals surface area contributed by atoms with E-state index in [-0.39, 0.29) is 10.3 Å². The molecule has 0 unspecified atom stereocenters. The monoisotopic (exact) mass is 395 g/mol. The van der Waals surface area contributed by atoms with Crippen LogP contribution in [0.4, 0.5) is 0 Å². The average molecular weight is 396 g/mol. The van der Waals surface area contributed by atoms with Gasteiger partial charge in [-0.3, -0.25) is 0 Å². The predicted molar refractivity (Wildman–Crippen MR) is 102 cm³/mol. The van der Waals surface area contributed by atoms with Gasteiger partial charge in [-0.2, -0.15) is 4.31 Å². The maximum Gasteiger partial charge on any atom is 0.244 e. The maximum atomic E-state index is 13.2. The highest BCUT2D eigenvalue weighted by molar-refractivity contribution is 8.01. The summed E-state index contributed by atoms with van der Waals surface area (Å²) in [6, 6.07) is 11.9. The summed E-state index contributed by atoms with van der Waals surface area (Å²) in [5, 5.41) is -0.368. The second kappa shape index (κ2) is 7.77. The van der Waals surface area contributed by atoms with Crippen molar-refractivity contribution in [2.24, 2.45) is 0 Å². The van der Waals surface area contributed by atoms with Crippen molar-refractivity contribution in [3.63, 3.8) is 0 Å². The summed E-state index contributed by atoms with van der Waals surface area (Å²) in [4.78, 5) is 0.243. The fraction of sp³-hybridized carbons (Fsp3) is 0.333. The number of rotatable bonds is 6. The molecule has 2 aromatic rings. The largest absolute Gasteiger partial charge is 0.497 e. The van der Waals surface area contributed by atoms with E-state index in [1.807, 2.05) is 6.07 Å². The van der Waals surface area contributed by atoms with Crippen LogP contribution in [0.5, 0.6) is 17.2 Å². The molecule has 2 aromatic carbocycles. The molecule has 8 heteroatoms. The minimum Gasteiger partial charge on any atom is -0.497 e. The van der Waals surface area contributed by atoms with Crippen LogP contribution in [0, 0.1) is 0 Å². The summed E-state index contributed by atoms with van der Waals surface area (Å²) in [7, 11) is 1.06. The van der Waals surface area contributed by atoms with Crippen molar-refractivity contribution in [1.29, 1.82) is 0 Å². The van der Waals surface area contributed by atoms with Crippen LogP contribution in [-0.2, 0) is 10.0 Å². The van der Waals surface area contributed by atoms with Gasteiger partial charge in [-0.25, -0.2) is 8.42 Å². The van der Waals surface area contributed by atoms with Gasteiger partial charge in [-0.05, 0) is 42.5 Å². The van der Waals surface area contributed by atoms with Crippen LogP contribution >= 0.6 is 11.8 Å². The quantitative estimate of drug-likeness (QED) is 0.749. The molecule has 1 aliphatic rings. The number of hydrogen-bond donors (Lipinski definition) is 0. The molecule has 6 nitrogen and oxygen atoms in total. The molecule has 0 bridgehead atoms. The first-order valence-corrected chi connectivity index (χ1v) is 10.5. The Morgan fingerprint density at radius 2 is 1.62 bits per heavy atom. The number of thioether (sulfide) groups is 1. The van der Waals surface area contributed by atoms with Gasteiger partial charge in [0.15, 0.2) is 0 Å². The first kappa shape index (κ1) is 18.9. The maximum absolute atomic E-state index is 13.2. The molecule has 1 fully saturated rings. The molecule has 0 amide bonds. The number of methoxy groups -OCH3 is 3. The van der Waals surface area contributed by atoms with Crippen molar-refractivity contribution >= 4 is 21.8 Å². The zero-order chi connectivity index (χ0) is 18.7. The summed E-state index contributed by atoms with van der Waals surface area (Å²) >= 11 is 1.57. The highest BCUT2D eigenvalue weighted by Gasteiger charge is 2.38. The van der Waals surface area contributed by atoms with Gasteiger partial charge >= 0.3 is 0 Å². The molecule has 0 aromatic heterocycles. The zero-order valence-electron chi connectivity index (χ0n) is 14.8. The van der Waals surface area contributed by atoms with Gasteiger partial charge < -0.3 is 14.2 Å². The van der Waals surface area contributed by atoms with Gasteiger partial charge in [0.1, 0.15) is 17.2 Å². The second-order valence-electron chi connectivity index (χ2n) is 5.62. The third kappa shape index (κ3) is 3.49. The van der Waals surface area contributed by atoms with Crippen LogP contribution < -0.4 is 14.2 Å². The van der Waals surface area contributed by atoms with E-state index in [1.165, 1.54) is 4.31 Å². The first-order valence-electron chi connectivity index (χ1n) is 8.00. The van der Waals surface area contributed by atoms with E-state index in [9.17, 15) is 8.42 Å². The first-order chi connectivity index (χ1) is 12.5. The normalized spacial score (nSPS) is 17.9. The number of benzene rings is 2. The molecule has 1 saturated heterocycles. The van der Waals surface area contributed by atoms with E-state index in [4.69, 9.17) is 14.2 Å². The molecule has 1 atom stereocenters. The predicted octanol–water partition coefficient (Wildman–Crippen LogP) is 3.15. The number of ether oxygens (including phenoxy) is 3. The summed E-state index contributed by atoms with van der Waals surface area (Å²) in [5.41, 5.74) is 0.784. The van der Waals surface area contributed by atoms with Crippen molar-refractivity contribution in [3.8, 4) is 17.2 Å². The van der Waals surface area contributed by atoms with Gasteiger partial charge in [-0.1, -0.05) is 0 Å². The molecule has 26 heavy (non-hydrogen) atoms. The Morgan fingerprint density at radius 1 is 0.962 bits per heavy atom. The molecule has 3 rings (SSSR count). The van der Waals surface area contributed by atoms with Crippen LogP contribution in [0.1, 0.15) is 10.9 Å². The average Bonchev–Trinajstić information content (AvgIpc) is 3.18. The molecule has 0 spiro atoms. The molecular weight excluding hydrogens is 374 g/mol. The Labute approximate surface area is 158 Å². The minimum atomic E-state index is -3.64. The number of hydrogen-bond acceptors (Lipinski definition) is 6. The summed E-state index contributed by atoms with van der Waals surface area (Å²) in [5.74, 6) is 2.63. The molecule has 1 heterocycles. The zero-order valence-corrected chi connectivity index (χ0v) is 16.5. The van der Waals surface area contributed by atoms with Crippen molar-refractivity contribution in [2.75, 3.05) is 33.6 Å². The van der Waals surface area contributed by atoms with Crippen LogP contribution in [-0.4, -0.2) is 46.4 Å². The third-order valence-electron chi connectivity index (χ3n) is 4.22. The lowest BCUT2D eigenvalue weighted by atomic mass is 10.2. The molecule has 140 valence electrons. The highest BCUT2D eigenvalue weighted by Crippen LogP contribution is 2.45. The number of sulfonamides is 1. The van der Waals surface area contributed by atoms with Crippen molar-refractivity contribution in [1.82, 2.24) is 4.31 Å². The molecular formula is C18H21NO5S2. The van der Waals surface area contributed by atoms with E-state index in [0.29, 0.717) is 29.5 Å². The van der Waals surface area contributed by atoms with E-state index in [1.54, 1.807) is 69.5 Å². The second-order valence-corrected chi connectivity index (χ2v) is 8.70.